The van der Waals surface area contributed by atoms with Crippen molar-refractivity contribution in [2.24, 2.45) is 0 Å². The minimum absolute atomic E-state index is 0.903. The summed E-state index contributed by atoms with van der Waals surface area (Å²) in [6.07, 6.45) is 0. The maximum absolute atomic E-state index is 5.27. The molecule has 0 radical (unpaired) electrons. The first kappa shape index (κ1) is 14.9. The van der Waals surface area contributed by atoms with Gasteiger partial charge in [-0.05, 0) is 36.2 Å². The number of nitrogens with one attached hydrogen (secondary N) is 1. The molecule has 0 spiro atoms. The summed E-state index contributed by atoms with van der Waals surface area (Å²) in [6.45, 7) is 3.98. The summed E-state index contributed by atoms with van der Waals surface area (Å²) in [5.41, 5.74) is 2.48. The van der Waals surface area contributed by atoms with Crippen LogP contribution >= 0.6 is 11.8 Å². The van der Waals surface area contributed by atoms with Crippen LogP contribution in [0.5, 0.6) is 5.75 Å². The Labute approximate surface area is 125 Å². The van der Waals surface area contributed by atoms with Gasteiger partial charge in [0.1, 0.15) is 5.75 Å². The Bertz CT molecular complexity index is 528. The van der Waals surface area contributed by atoms with Crippen LogP contribution in [-0.4, -0.2) is 19.4 Å². The molecule has 0 unspecified atom stereocenters. The van der Waals surface area contributed by atoms with Gasteiger partial charge in [0, 0.05) is 23.7 Å². The van der Waals surface area contributed by atoms with Crippen LogP contribution in [0.3, 0.4) is 0 Å². The van der Waals surface area contributed by atoms with E-state index in [0.29, 0.717) is 0 Å². The second-order valence-corrected chi connectivity index (χ2v) is 5.81. The Balaban J connectivity index is 1.69. The first-order valence-corrected chi connectivity index (χ1v) is 7.80. The average molecular weight is 287 g/mol. The topological polar surface area (TPSA) is 21.3 Å². The molecule has 0 aliphatic carbocycles. The van der Waals surface area contributed by atoms with Crippen molar-refractivity contribution in [2.75, 3.05) is 19.4 Å². The molecule has 0 heterocycles. The van der Waals surface area contributed by atoms with Crippen LogP contribution in [0, 0.1) is 6.92 Å². The number of thioether (sulfide) groups is 1. The van der Waals surface area contributed by atoms with Crippen molar-refractivity contribution >= 4 is 11.8 Å². The van der Waals surface area contributed by atoms with Crippen molar-refractivity contribution in [3.8, 4) is 5.75 Å². The predicted molar refractivity (Wildman–Crippen MR) is 86.6 cm³/mol. The number of benzene rings is 2. The van der Waals surface area contributed by atoms with Crippen LogP contribution in [0.25, 0.3) is 0 Å². The zero-order valence-electron chi connectivity index (χ0n) is 12.1. The predicted octanol–water partition coefficient (Wildman–Crippen LogP) is 3.89. The smallest absolute Gasteiger partial charge is 0.121 e. The zero-order valence-corrected chi connectivity index (χ0v) is 12.9. The fourth-order valence-corrected chi connectivity index (χ4v) is 2.87. The van der Waals surface area contributed by atoms with Crippen LogP contribution in [0.15, 0.2) is 53.4 Å². The van der Waals surface area contributed by atoms with E-state index < -0.39 is 0 Å². The van der Waals surface area contributed by atoms with E-state index in [0.717, 1.165) is 24.6 Å². The molecule has 0 atom stereocenters. The summed E-state index contributed by atoms with van der Waals surface area (Å²) < 4.78 is 5.27. The summed E-state index contributed by atoms with van der Waals surface area (Å²) in [5, 5.41) is 3.47. The molecular weight excluding hydrogens is 266 g/mol. The molecule has 0 fully saturated rings. The van der Waals surface area contributed by atoms with Gasteiger partial charge in [-0.15, -0.1) is 11.8 Å². The van der Waals surface area contributed by atoms with Crippen LogP contribution < -0.4 is 10.1 Å². The third kappa shape index (κ3) is 4.58. The lowest BCUT2D eigenvalue weighted by atomic mass is 10.1. The highest BCUT2D eigenvalue weighted by Gasteiger charge is 1.99. The summed E-state index contributed by atoms with van der Waals surface area (Å²) in [5.74, 6) is 2.03. The quantitative estimate of drug-likeness (QED) is 0.617. The molecule has 0 saturated carbocycles. The first-order valence-electron chi connectivity index (χ1n) is 6.81. The summed E-state index contributed by atoms with van der Waals surface area (Å²) >= 11 is 1.88. The second-order valence-electron chi connectivity index (χ2n) is 4.64. The van der Waals surface area contributed by atoms with Gasteiger partial charge in [0.05, 0.1) is 7.11 Å². The van der Waals surface area contributed by atoms with E-state index in [1.165, 1.54) is 16.0 Å². The van der Waals surface area contributed by atoms with E-state index in [-0.39, 0.29) is 0 Å². The van der Waals surface area contributed by atoms with Crippen molar-refractivity contribution in [1.82, 2.24) is 5.32 Å². The number of hydrogen-bond acceptors (Lipinski definition) is 3. The van der Waals surface area contributed by atoms with E-state index >= 15 is 0 Å². The molecule has 106 valence electrons. The Kier molecular flexibility index (Phi) is 5.96. The largest absolute Gasteiger partial charge is 0.496 e. The third-order valence-electron chi connectivity index (χ3n) is 3.08. The monoisotopic (exact) mass is 287 g/mol. The molecule has 0 aliphatic rings. The Morgan fingerprint density at radius 1 is 1.10 bits per heavy atom. The third-order valence-corrected chi connectivity index (χ3v) is 4.09. The van der Waals surface area contributed by atoms with Gasteiger partial charge in [0.15, 0.2) is 0 Å². The van der Waals surface area contributed by atoms with E-state index in [2.05, 4.69) is 48.6 Å². The maximum Gasteiger partial charge on any atom is 0.121 e. The summed E-state index contributed by atoms with van der Waals surface area (Å²) in [6, 6.07) is 16.8. The molecular formula is C17H21NOS. The molecule has 2 rings (SSSR count). The zero-order chi connectivity index (χ0) is 14.2. The van der Waals surface area contributed by atoms with Gasteiger partial charge in [-0.2, -0.15) is 0 Å². The number of aryl methyl sites for hydroxylation is 1. The minimum Gasteiger partial charge on any atom is -0.496 e. The molecule has 0 bridgehead atoms. The molecule has 2 nitrogen and oxygen atoms in total. The van der Waals surface area contributed by atoms with Gasteiger partial charge < -0.3 is 10.1 Å². The number of rotatable bonds is 7. The standard InChI is InChI=1S/C17H21NOS/c1-14-12-15(8-9-17(14)19-2)13-18-10-11-20-16-6-4-3-5-7-16/h3-9,12,18H,10-11,13H2,1-2H3. The molecule has 3 heteroatoms. The second kappa shape index (κ2) is 7.98. The van der Waals surface area contributed by atoms with Gasteiger partial charge in [0.2, 0.25) is 0 Å². The van der Waals surface area contributed by atoms with Crippen LogP contribution in [0.1, 0.15) is 11.1 Å². The van der Waals surface area contributed by atoms with Crippen molar-refractivity contribution in [3.05, 3.63) is 59.7 Å². The van der Waals surface area contributed by atoms with Crippen molar-refractivity contribution in [2.45, 2.75) is 18.4 Å². The van der Waals surface area contributed by atoms with E-state index in [9.17, 15) is 0 Å². The van der Waals surface area contributed by atoms with Crippen LogP contribution in [0.4, 0.5) is 0 Å². The van der Waals surface area contributed by atoms with E-state index in [1.807, 2.05) is 23.9 Å². The normalized spacial score (nSPS) is 10.5. The minimum atomic E-state index is 0.903. The van der Waals surface area contributed by atoms with Gasteiger partial charge in [-0.25, -0.2) is 0 Å². The highest BCUT2D eigenvalue weighted by atomic mass is 32.2. The molecule has 2 aromatic carbocycles. The molecule has 0 saturated heterocycles. The van der Waals surface area contributed by atoms with Crippen molar-refractivity contribution in [3.63, 3.8) is 0 Å². The summed E-state index contributed by atoms with van der Waals surface area (Å²) in [4.78, 5) is 1.33. The highest BCUT2D eigenvalue weighted by molar-refractivity contribution is 7.99. The van der Waals surface area contributed by atoms with Crippen LogP contribution in [-0.2, 0) is 6.54 Å². The molecule has 0 amide bonds. The number of hydrogen-bond donors (Lipinski definition) is 1. The molecule has 0 aromatic heterocycles. The number of methoxy groups -OCH3 is 1. The average Bonchev–Trinajstić information content (AvgIpc) is 2.48. The molecule has 2 aromatic rings. The lowest BCUT2D eigenvalue weighted by molar-refractivity contribution is 0.411. The SMILES string of the molecule is COc1ccc(CNCCSc2ccccc2)cc1C. The lowest BCUT2D eigenvalue weighted by Crippen LogP contribution is -2.16. The molecule has 20 heavy (non-hydrogen) atoms. The maximum atomic E-state index is 5.27. The summed E-state index contributed by atoms with van der Waals surface area (Å²) in [7, 11) is 1.71. The van der Waals surface area contributed by atoms with Gasteiger partial charge in [-0.1, -0.05) is 30.3 Å². The van der Waals surface area contributed by atoms with Crippen LogP contribution in [0.2, 0.25) is 0 Å². The number of ether oxygens (including phenoxy) is 1. The van der Waals surface area contributed by atoms with Gasteiger partial charge >= 0.3 is 0 Å². The van der Waals surface area contributed by atoms with Crippen molar-refractivity contribution in [1.29, 1.82) is 0 Å². The Morgan fingerprint density at radius 2 is 1.90 bits per heavy atom. The van der Waals surface area contributed by atoms with Crippen molar-refractivity contribution < 1.29 is 4.74 Å². The first-order chi connectivity index (χ1) is 9.79. The van der Waals surface area contributed by atoms with E-state index in [1.54, 1.807) is 7.11 Å². The molecule has 0 aliphatic heterocycles. The van der Waals surface area contributed by atoms with Gasteiger partial charge in [-0.3, -0.25) is 0 Å². The highest BCUT2D eigenvalue weighted by Crippen LogP contribution is 2.18. The Morgan fingerprint density at radius 3 is 2.60 bits per heavy atom. The molecule has 1 N–H and O–H groups in total. The fraction of sp³-hybridized carbons (Fsp3) is 0.294. The van der Waals surface area contributed by atoms with Gasteiger partial charge in [0.25, 0.3) is 0 Å². The fourth-order valence-electron chi connectivity index (χ4n) is 2.04. The Hall–Kier alpha value is -1.45. The lowest BCUT2D eigenvalue weighted by Gasteiger charge is -2.08. The van der Waals surface area contributed by atoms with E-state index in [4.69, 9.17) is 4.74 Å².